The van der Waals surface area contributed by atoms with E-state index in [-0.39, 0.29) is 5.54 Å². The molecule has 1 aromatic rings. The number of amides is 2. The van der Waals surface area contributed by atoms with Crippen LogP contribution in [-0.2, 0) is 12.8 Å². The van der Waals surface area contributed by atoms with Crippen molar-refractivity contribution < 1.29 is 4.79 Å². The molecule has 4 bridgehead atoms. The van der Waals surface area contributed by atoms with E-state index in [1.54, 1.807) is 0 Å². The van der Waals surface area contributed by atoms with Crippen LogP contribution in [0.1, 0.15) is 43.2 Å². The van der Waals surface area contributed by atoms with Gasteiger partial charge in [-0.05, 0) is 87.9 Å². The first-order chi connectivity index (χ1) is 13.4. The van der Waals surface area contributed by atoms with E-state index in [4.69, 9.17) is 0 Å². The number of fused-ring (bicyclic) bond motifs is 1. The Morgan fingerprint density at radius 1 is 1.00 bits per heavy atom. The van der Waals surface area contributed by atoms with Crippen molar-refractivity contribution in [3.8, 4) is 0 Å². The normalized spacial score (nSPS) is 40.2. The zero-order valence-corrected chi connectivity index (χ0v) is 17.5. The third-order valence-electron chi connectivity index (χ3n) is 9.37. The molecule has 6 aliphatic rings. The molecule has 2 atom stereocenters. The summed E-state index contributed by atoms with van der Waals surface area (Å²) in [5, 5.41) is 0. The van der Waals surface area contributed by atoms with Crippen molar-refractivity contribution in [2.24, 2.45) is 17.8 Å². The fourth-order valence-corrected chi connectivity index (χ4v) is 8.15. The van der Waals surface area contributed by atoms with E-state index >= 15 is 0 Å². The van der Waals surface area contributed by atoms with Gasteiger partial charge in [0, 0.05) is 25.2 Å². The molecule has 5 fully saturated rings. The maximum Gasteiger partial charge on any atom is 0.320 e. The maximum atomic E-state index is 13.5. The SMILES string of the molecule is CN(C)C12CC3CC(C1)C(N1CC4(Cc5ccccc5C4)N(C)C1=O)C(C3)C2. The van der Waals surface area contributed by atoms with Crippen LogP contribution in [0.5, 0.6) is 0 Å². The summed E-state index contributed by atoms with van der Waals surface area (Å²) in [6.07, 6.45) is 8.70. The van der Waals surface area contributed by atoms with Gasteiger partial charge in [0.2, 0.25) is 0 Å². The van der Waals surface area contributed by atoms with E-state index in [1.807, 2.05) is 0 Å². The number of benzene rings is 1. The van der Waals surface area contributed by atoms with Gasteiger partial charge >= 0.3 is 6.03 Å². The highest BCUT2D eigenvalue weighted by Crippen LogP contribution is 2.59. The van der Waals surface area contributed by atoms with E-state index in [0.717, 1.165) is 25.3 Å². The van der Waals surface area contributed by atoms with E-state index in [9.17, 15) is 4.79 Å². The molecular formula is C24H33N3O. The maximum absolute atomic E-state index is 13.5. The quantitative estimate of drug-likeness (QED) is 0.787. The first-order valence-corrected chi connectivity index (χ1v) is 11.2. The first-order valence-electron chi connectivity index (χ1n) is 11.2. The van der Waals surface area contributed by atoms with Gasteiger partial charge in [-0.2, -0.15) is 0 Å². The molecule has 0 radical (unpaired) electrons. The van der Waals surface area contributed by atoms with Crippen LogP contribution in [-0.4, -0.2) is 65.5 Å². The van der Waals surface area contributed by atoms with Gasteiger partial charge in [-0.15, -0.1) is 0 Å². The Hall–Kier alpha value is -1.55. The van der Waals surface area contributed by atoms with Crippen molar-refractivity contribution in [1.29, 1.82) is 0 Å². The Morgan fingerprint density at radius 3 is 2.18 bits per heavy atom. The summed E-state index contributed by atoms with van der Waals surface area (Å²) in [4.78, 5) is 20.5. The standard InChI is InChI=1S/C24H33N3O/c1-25(2)23-10-16-8-19(13-23)21(20(9-16)14-23)27-15-24(26(3)22(27)28)11-17-6-4-5-7-18(17)12-24/h4-7,16,19-21H,8-15H2,1-3H3. The number of likely N-dealkylation sites (N-methyl/N-ethyl adjacent to an activating group) is 1. The summed E-state index contributed by atoms with van der Waals surface area (Å²) in [5.41, 5.74) is 3.28. The van der Waals surface area contributed by atoms with E-state index in [2.05, 4.69) is 60.1 Å². The van der Waals surface area contributed by atoms with E-state index < -0.39 is 0 Å². The number of urea groups is 1. The van der Waals surface area contributed by atoms with Crippen molar-refractivity contribution in [2.75, 3.05) is 27.7 Å². The molecule has 4 saturated carbocycles. The third kappa shape index (κ3) is 2.13. The van der Waals surface area contributed by atoms with Crippen molar-refractivity contribution >= 4 is 6.03 Å². The molecule has 2 amide bonds. The molecule has 28 heavy (non-hydrogen) atoms. The second kappa shape index (κ2) is 5.53. The zero-order chi connectivity index (χ0) is 19.3. The topological polar surface area (TPSA) is 26.8 Å². The van der Waals surface area contributed by atoms with Crippen molar-refractivity contribution in [2.45, 2.75) is 62.1 Å². The molecule has 7 rings (SSSR count). The molecule has 1 heterocycles. The van der Waals surface area contributed by atoms with Gasteiger partial charge in [0.15, 0.2) is 0 Å². The van der Waals surface area contributed by atoms with Crippen molar-refractivity contribution in [3.63, 3.8) is 0 Å². The average molecular weight is 380 g/mol. The summed E-state index contributed by atoms with van der Waals surface area (Å²) >= 11 is 0. The van der Waals surface area contributed by atoms with Gasteiger partial charge in [0.1, 0.15) is 0 Å². The van der Waals surface area contributed by atoms with E-state index in [1.165, 1.54) is 43.2 Å². The van der Waals surface area contributed by atoms with Crippen LogP contribution in [0.2, 0.25) is 0 Å². The Kier molecular flexibility index (Phi) is 3.42. The average Bonchev–Trinajstić information content (AvgIpc) is 3.14. The highest BCUT2D eigenvalue weighted by Gasteiger charge is 2.61. The number of hydrogen-bond acceptors (Lipinski definition) is 2. The number of carbonyl (C=O) groups excluding carboxylic acids is 1. The van der Waals surface area contributed by atoms with Gasteiger partial charge in [0.05, 0.1) is 5.54 Å². The second-order valence-corrected chi connectivity index (χ2v) is 10.9. The highest BCUT2D eigenvalue weighted by atomic mass is 16.2. The predicted molar refractivity (Wildman–Crippen MR) is 110 cm³/mol. The monoisotopic (exact) mass is 379 g/mol. The molecular weight excluding hydrogens is 346 g/mol. The van der Waals surface area contributed by atoms with Crippen LogP contribution < -0.4 is 0 Å². The summed E-state index contributed by atoms with van der Waals surface area (Å²) in [6, 6.07) is 9.58. The third-order valence-corrected chi connectivity index (χ3v) is 9.37. The van der Waals surface area contributed by atoms with Crippen LogP contribution in [0.15, 0.2) is 24.3 Å². The number of hydrogen-bond donors (Lipinski definition) is 0. The van der Waals surface area contributed by atoms with Gasteiger partial charge in [0.25, 0.3) is 0 Å². The minimum absolute atomic E-state index is 0.0192. The summed E-state index contributed by atoms with van der Waals surface area (Å²) in [5.74, 6) is 2.28. The van der Waals surface area contributed by atoms with Crippen molar-refractivity contribution in [1.82, 2.24) is 14.7 Å². The number of carbonyl (C=O) groups is 1. The molecule has 0 aromatic heterocycles. The van der Waals surface area contributed by atoms with Gasteiger partial charge < -0.3 is 14.7 Å². The molecule has 2 unspecified atom stereocenters. The first kappa shape index (κ1) is 17.3. The lowest BCUT2D eigenvalue weighted by Crippen LogP contribution is -2.65. The Bertz CT molecular complexity index is 792. The lowest BCUT2D eigenvalue weighted by molar-refractivity contribution is -0.110. The van der Waals surface area contributed by atoms with Gasteiger partial charge in [-0.25, -0.2) is 4.79 Å². The minimum Gasteiger partial charge on any atom is -0.320 e. The molecule has 1 saturated heterocycles. The molecule has 4 nitrogen and oxygen atoms in total. The van der Waals surface area contributed by atoms with Crippen LogP contribution in [0.3, 0.4) is 0 Å². The summed E-state index contributed by atoms with van der Waals surface area (Å²) in [6.45, 7) is 0.925. The van der Waals surface area contributed by atoms with E-state index in [0.29, 0.717) is 29.4 Å². The predicted octanol–water partition coefficient (Wildman–Crippen LogP) is 3.40. The highest BCUT2D eigenvalue weighted by molar-refractivity contribution is 5.79. The largest absolute Gasteiger partial charge is 0.320 e. The minimum atomic E-state index is -0.0192. The molecule has 1 aliphatic heterocycles. The zero-order valence-electron chi connectivity index (χ0n) is 17.5. The molecule has 4 heteroatoms. The number of rotatable bonds is 2. The Balaban J connectivity index is 1.30. The van der Waals surface area contributed by atoms with Gasteiger partial charge in [-0.3, -0.25) is 0 Å². The van der Waals surface area contributed by atoms with Crippen LogP contribution in [0, 0.1) is 17.8 Å². The summed E-state index contributed by atoms with van der Waals surface area (Å²) < 4.78 is 0. The Morgan fingerprint density at radius 2 is 1.61 bits per heavy atom. The fraction of sp³-hybridized carbons (Fsp3) is 0.708. The molecule has 1 aromatic carbocycles. The molecule has 0 N–H and O–H groups in total. The lowest BCUT2D eigenvalue weighted by Gasteiger charge is -2.63. The molecule has 5 aliphatic carbocycles. The fourth-order valence-electron chi connectivity index (χ4n) is 8.15. The van der Waals surface area contributed by atoms with Crippen LogP contribution >= 0.6 is 0 Å². The molecule has 1 spiro atoms. The van der Waals surface area contributed by atoms with Gasteiger partial charge in [-0.1, -0.05) is 24.3 Å². The van der Waals surface area contributed by atoms with Crippen LogP contribution in [0.25, 0.3) is 0 Å². The second-order valence-electron chi connectivity index (χ2n) is 10.9. The number of nitrogens with zero attached hydrogens (tertiary/aromatic N) is 3. The molecule has 150 valence electrons. The smallest absolute Gasteiger partial charge is 0.320 e. The lowest BCUT2D eigenvalue weighted by atomic mass is 9.50. The van der Waals surface area contributed by atoms with Crippen molar-refractivity contribution in [3.05, 3.63) is 35.4 Å². The van der Waals surface area contributed by atoms with Crippen LogP contribution in [0.4, 0.5) is 4.79 Å². The Labute approximate surface area is 168 Å². The summed E-state index contributed by atoms with van der Waals surface area (Å²) in [7, 11) is 6.62.